The van der Waals surface area contributed by atoms with Gasteiger partial charge in [0.05, 0.1) is 9.49 Å². The zero-order chi connectivity index (χ0) is 41.6. The van der Waals surface area contributed by atoms with Gasteiger partial charge in [-0.05, 0) is 66.5 Å². The second kappa shape index (κ2) is 20.6. The number of hydrogen-bond acceptors (Lipinski definition) is 5. The van der Waals surface area contributed by atoms with Crippen molar-refractivity contribution in [1.82, 2.24) is 10.6 Å². The summed E-state index contributed by atoms with van der Waals surface area (Å²) in [5, 5.41) is 7.77. The molecule has 4 nitrogen and oxygen atoms in total. The van der Waals surface area contributed by atoms with Gasteiger partial charge in [0.2, 0.25) is 5.91 Å². The SMILES string of the molecule is CC(C)(CNCCNC(CCCC(N)=O)CC(C)(C)SC(c1ccccc1)(c1ccccc1)c1ccccc1)SC(c1ccccc1)(c1ccccc1)c1ccccc1. The molecule has 0 spiro atoms. The molecule has 6 aromatic carbocycles. The zero-order valence-corrected chi connectivity index (χ0v) is 36.8. The highest BCUT2D eigenvalue weighted by molar-refractivity contribution is 8.02. The van der Waals surface area contributed by atoms with E-state index in [0.29, 0.717) is 6.42 Å². The summed E-state index contributed by atoms with van der Waals surface area (Å²) in [7, 11) is 0. The quantitative estimate of drug-likeness (QED) is 0.0470. The van der Waals surface area contributed by atoms with Crippen LogP contribution in [0.5, 0.6) is 0 Å². The highest BCUT2D eigenvalue weighted by Gasteiger charge is 2.43. The van der Waals surface area contributed by atoms with Crippen molar-refractivity contribution >= 4 is 29.4 Å². The van der Waals surface area contributed by atoms with E-state index >= 15 is 0 Å². The number of carbonyl (C=O) groups is 1. The number of amides is 1. The van der Waals surface area contributed by atoms with Crippen molar-refractivity contribution in [2.24, 2.45) is 5.73 Å². The van der Waals surface area contributed by atoms with Gasteiger partial charge < -0.3 is 16.4 Å². The van der Waals surface area contributed by atoms with Crippen LogP contribution in [0.25, 0.3) is 0 Å². The van der Waals surface area contributed by atoms with Gasteiger partial charge in [-0.3, -0.25) is 4.79 Å². The van der Waals surface area contributed by atoms with Gasteiger partial charge in [0.1, 0.15) is 0 Å². The number of benzene rings is 6. The molecule has 1 unspecified atom stereocenters. The fourth-order valence-corrected chi connectivity index (χ4v) is 12.1. The number of rotatable bonds is 22. The molecule has 6 aromatic rings. The number of thioether (sulfide) groups is 2. The maximum atomic E-state index is 11.9. The third-order valence-corrected chi connectivity index (χ3v) is 14.4. The van der Waals surface area contributed by atoms with Crippen LogP contribution in [0.15, 0.2) is 182 Å². The van der Waals surface area contributed by atoms with E-state index in [1.165, 1.54) is 33.4 Å². The Morgan fingerprint density at radius 3 is 1.15 bits per heavy atom. The Labute approximate surface area is 362 Å². The fraction of sp³-hybridized carbons (Fsp3) is 0.302. The Kier molecular flexibility index (Phi) is 15.3. The molecule has 0 heterocycles. The van der Waals surface area contributed by atoms with Crippen LogP contribution in [0.2, 0.25) is 0 Å². The molecule has 0 fully saturated rings. The molecule has 6 heteroatoms. The molecule has 306 valence electrons. The molecule has 1 amide bonds. The van der Waals surface area contributed by atoms with E-state index in [1.54, 1.807) is 0 Å². The third kappa shape index (κ3) is 11.4. The summed E-state index contributed by atoms with van der Waals surface area (Å²) in [6.07, 6.45) is 2.94. The highest BCUT2D eigenvalue weighted by atomic mass is 32.2. The van der Waals surface area contributed by atoms with E-state index in [1.807, 2.05) is 23.5 Å². The van der Waals surface area contributed by atoms with Crippen LogP contribution in [-0.2, 0) is 14.3 Å². The first-order valence-corrected chi connectivity index (χ1v) is 22.6. The van der Waals surface area contributed by atoms with Crippen molar-refractivity contribution in [3.05, 3.63) is 215 Å². The van der Waals surface area contributed by atoms with Crippen molar-refractivity contribution in [1.29, 1.82) is 0 Å². The normalized spacial score (nSPS) is 12.9. The molecule has 4 N–H and O–H groups in total. The van der Waals surface area contributed by atoms with E-state index in [9.17, 15) is 4.79 Å². The second-order valence-electron chi connectivity index (χ2n) is 16.7. The molecule has 0 saturated carbocycles. The van der Waals surface area contributed by atoms with Crippen molar-refractivity contribution in [2.45, 2.75) is 78.4 Å². The molecular formula is C53H61N3OS2. The van der Waals surface area contributed by atoms with E-state index in [0.717, 1.165) is 38.9 Å². The Hall–Kier alpha value is -4.59. The summed E-state index contributed by atoms with van der Waals surface area (Å²) < 4.78 is -1.11. The average molecular weight is 820 g/mol. The number of hydrogen-bond donors (Lipinski definition) is 3. The molecule has 0 aliphatic carbocycles. The first kappa shape index (κ1) is 44.0. The van der Waals surface area contributed by atoms with Crippen molar-refractivity contribution in [3.63, 3.8) is 0 Å². The largest absolute Gasteiger partial charge is 0.370 e. The lowest BCUT2D eigenvalue weighted by molar-refractivity contribution is -0.118. The Morgan fingerprint density at radius 2 is 0.831 bits per heavy atom. The molecule has 0 saturated heterocycles. The number of nitrogens with one attached hydrogen (secondary N) is 2. The minimum absolute atomic E-state index is 0.128. The highest BCUT2D eigenvalue weighted by Crippen LogP contribution is 2.55. The Morgan fingerprint density at radius 1 is 0.508 bits per heavy atom. The lowest BCUT2D eigenvalue weighted by Crippen LogP contribution is -2.43. The summed E-state index contributed by atoms with van der Waals surface area (Å²) in [6.45, 7) is 11.9. The molecule has 0 radical (unpaired) electrons. The summed E-state index contributed by atoms with van der Waals surface area (Å²) in [4.78, 5) is 11.9. The van der Waals surface area contributed by atoms with E-state index in [-0.39, 0.29) is 21.4 Å². The molecular weight excluding hydrogens is 759 g/mol. The van der Waals surface area contributed by atoms with Gasteiger partial charge in [0.25, 0.3) is 0 Å². The molecule has 59 heavy (non-hydrogen) atoms. The van der Waals surface area contributed by atoms with Gasteiger partial charge in [-0.1, -0.05) is 196 Å². The average Bonchev–Trinajstić information content (AvgIpc) is 3.26. The first-order chi connectivity index (χ1) is 28.5. The number of primary amides is 1. The minimum atomic E-state index is -0.426. The van der Waals surface area contributed by atoms with Crippen LogP contribution in [-0.4, -0.2) is 41.1 Å². The Balaban J connectivity index is 1.18. The Bertz CT molecular complexity index is 1940. The lowest BCUT2D eigenvalue weighted by Gasteiger charge is -2.43. The van der Waals surface area contributed by atoms with Gasteiger partial charge in [0, 0.05) is 41.6 Å². The molecule has 1 atom stereocenters. The van der Waals surface area contributed by atoms with Crippen LogP contribution < -0.4 is 16.4 Å². The van der Waals surface area contributed by atoms with E-state index < -0.39 is 9.49 Å². The first-order valence-electron chi connectivity index (χ1n) is 21.0. The van der Waals surface area contributed by atoms with Crippen molar-refractivity contribution < 1.29 is 4.79 Å². The van der Waals surface area contributed by atoms with Crippen LogP contribution in [0.4, 0.5) is 0 Å². The van der Waals surface area contributed by atoms with E-state index in [2.05, 4.69) is 220 Å². The van der Waals surface area contributed by atoms with Gasteiger partial charge in [-0.15, -0.1) is 23.5 Å². The van der Waals surface area contributed by atoms with Crippen LogP contribution >= 0.6 is 23.5 Å². The van der Waals surface area contributed by atoms with E-state index in [4.69, 9.17) is 5.73 Å². The zero-order valence-electron chi connectivity index (χ0n) is 35.1. The fourth-order valence-electron chi connectivity index (χ4n) is 8.44. The summed E-state index contributed by atoms with van der Waals surface area (Å²) in [5.41, 5.74) is 13.2. The molecule has 0 aliphatic rings. The monoisotopic (exact) mass is 819 g/mol. The summed E-state index contributed by atoms with van der Waals surface area (Å²) >= 11 is 4.03. The van der Waals surface area contributed by atoms with Crippen molar-refractivity contribution in [3.8, 4) is 0 Å². The molecule has 0 bridgehead atoms. The van der Waals surface area contributed by atoms with Crippen molar-refractivity contribution in [2.75, 3.05) is 19.6 Å². The maximum absolute atomic E-state index is 11.9. The van der Waals surface area contributed by atoms with Crippen LogP contribution in [0, 0.1) is 0 Å². The molecule has 6 rings (SSSR count). The summed E-state index contributed by atoms with van der Waals surface area (Å²) in [5.74, 6) is -0.243. The third-order valence-electron chi connectivity index (χ3n) is 10.9. The number of carbonyl (C=O) groups excluding carboxylic acids is 1. The standard InChI is InChI=1S/C53H61N3OS2/c1-50(2,58-52(42-24-11-5-12-25-42,43-26-13-6-14-27-43)44-28-15-7-16-29-44)40-48(36-23-37-49(54)57)56-39-38-55-41-51(3,4)59-53(45-30-17-8-18-31-45,46-32-19-9-20-33-46)47-34-21-10-22-35-47/h5-22,24-35,48,55-56H,23,36-41H2,1-4H3,(H2,54,57). The van der Waals surface area contributed by atoms with Crippen LogP contribution in [0.1, 0.15) is 86.8 Å². The summed E-state index contributed by atoms with van der Waals surface area (Å²) in [6, 6.07) is 65.8. The lowest BCUT2D eigenvalue weighted by atomic mass is 9.84. The molecule has 0 aliphatic heterocycles. The number of nitrogens with two attached hydrogens (primary N) is 1. The smallest absolute Gasteiger partial charge is 0.217 e. The van der Waals surface area contributed by atoms with Gasteiger partial charge in [-0.2, -0.15) is 0 Å². The topological polar surface area (TPSA) is 67.2 Å². The minimum Gasteiger partial charge on any atom is -0.370 e. The second-order valence-corrected chi connectivity index (χ2v) is 20.5. The maximum Gasteiger partial charge on any atom is 0.217 e. The predicted molar refractivity (Wildman–Crippen MR) is 254 cm³/mol. The predicted octanol–water partition coefficient (Wildman–Crippen LogP) is 11.6. The van der Waals surface area contributed by atoms with Gasteiger partial charge >= 0.3 is 0 Å². The molecule has 0 aromatic heterocycles. The van der Waals surface area contributed by atoms with Crippen LogP contribution in [0.3, 0.4) is 0 Å². The van der Waals surface area contributed by atoms with Gasteiger partial charge in [-0.25, -0.2) is 0 Å². The van der Waals surface area contributed by atoms with Gasteiger partial charge in [0.15, 0.2) is 0 Å².